The van der Waals surface area contributed by atoms with Gasteiger partial charge < -0.3 is 19.2 Å². The summed E-state index contributed by atoms with van der Waals surface area (Å²) < 4.78 is 16.7. The fraction of sp³-hybridized carbons (Fsp3) is 0.333. The molecule has 33 heavy (non-hydrogen) atoms. The number of hydrogen-bond acceptors (Lipinski definition) is 6. The Hall–Kier alpha value is -2.48. The highest BCUT2D eigenvalue weighted by atomic mass is 35.5. The average Bonchev–Trinajstić information content (AvgIpc) is 3.41. The maximum atomic E-state index is 12.9. The fourth-order valence-corrected chi connectivity index (χ4v) is 5.36. The highest BCUT2D eigenvalue weighted by molar-refractivity contribution is 7.17. The van der Waals surface area contributed by atoms with Gasteiger partial charge in [0.2, 0.25) is 0 Å². The SMILES string of the molecule is CCCOC(=O)c1c(NC(=O)c2ccc(COc3ccc(Cl)cc3Cl)o2)sc2c1CCCC2. The van der Waals surface area contributed by atoms with Crippen LogP contribution in [0.3, 0.4) is 0 Å². The Balaban J connectivity index is 1.47. The molecule has 9 heteroatoms. The van der Waals surface area contributed by atoms with Gasteiger partial charge in [0.1, 0.15) is 23.1 Å². The quantitative estimate of drug-likeness (QED) is 0.334. The molecule has 1 N–H and O–H groups in total. The molecule has 4 rings (SSSR count). The summed E-state index contributed by atoms with van der Waals surface area (Å²) >= 11 is 13.5. The highest BCUT2D eigenvalue weighted by Crippen LogP contribution is 2.39. The molecule has 2 aromatic heterocycles. The van der Waals surface area contributed by atoms with E-state index in [0.717, 1.165) is 42.5 Å². The molecule has 0 aliphatic heterocycles. The molecule has 0 unspecified atom stereocenters. The van der Waals surface area contributed by atoms with Crippen molar-refractivity contribution in [2.75, 3.05) is 11.9 Å². The molecule has 1 aliphatic rings. The Morgan fingerprint density at radius 1 is 1.15 bits per heavy atom. The summed E-state index contributed by atoms with van der Waals surface area (Å²) in [5, 5.41) is 4.26. The largest absolute Gasteiger partial charge is 0.484 e. The first-order valence-electron chi connectivity index (χ1n) is 10.8. The lowest BCUT2D eigenvalue weighted by Crippen LogP contribution is -2.15. The molecular weight excluding hydrogens is 485 g/mol. The number of anilines is 1. The van der Waals surface area contributed by atoms with Crippen LogP contribution in [0.2, 0.25) is 10.0 Å². The van der Waals surface area contributed by atoms with Crippen molar-refractivity contribution in [2.24, 2.45) is 0 Å². The number of nitrogens with one attached hydrogen (secondary N) is 1. The van der Waals surface area contributed by atoms with Crippen molar-refractivity contribution in [3.05, 3.63) is 67.9 Å². The van der Waals surface area contributed by atoms with Gasteiger partial charge in [-0.2, -0.15) is 0 Å². The second-order valence-corrected chi connectivity index (χ2v) is 9.58. The highest BCUT2D eigenvalue weighted by Gasteiger charge is 2.28. The van der Waals surface area contributed by atoms with Gasteiger partial charge in [-0.15, -0.1) is 11.3 Å². The zero-order valence-corrected chi connectivity index (χ0v) is 20.4. The smallest absolute Gasteiger partial charge is 0.341 e. The van der Waals surface area contributed by atoms with Gasteiger partial charge in [0.15, 0.2) is 5.76 Å². The van der Waals surface area contributed by atoms with Crippen LogP contribution >= 0.6 is 34.5 Å². The van der Waals surface area contributed by atoms with Crippen LogP contribution in [0.25, 0.3) is 0 Å². The lowest BCUT2D eigenvalue weighted by molar-refractivity contribution is 0.0505. The van der Waals surface area contributed by atoms with Crippen molar-refractivity contribution in [1.29, 1.82) is 0 Å². The van der Waals surface area contributed by atoms with Gasteiger partial charge >= 0.3 is 5.97 Å². The van der Waals surface area contributed by atoms with Crippen molar-refractivity contribution in [3.8, 4) is 5.75 Å². The second kappa shape index (κ2) is 10.6. The van der Waals surface area contributed by atoms with Crippen LogP contribution in [0, 0.1) is 0 Å². The predicted molar refractivity (Wildman–Crippen MR) is 129 cm³/mol. The van der Waals surface area contributed by atoms with Crippen LogP contribution in [0.1, 0.15) is 63.3 Å². The summed E-state index contributed by atoms with van der Waals surface area (Å²) in [5.41, 5.74) is 1.47. The Bertz CT molecular complexity index is 1170. The van der Waals surface area contributed by atoms with Gasteiger partial charge in [-0.3, -0.25) is 4.79 Å². The summed E-state index contributed by atoms with van der Waals surface area (Å²) in [5.74, 6) is 0.214. The number of thiophene rings is 1. The zero-order valence-electron chi connectivity index (χ0n) is 18.0. The monoisotopic (exact) mass is 507 g/mol. The molecule has 174 valence electrons. The Morgan fingerprint density at radius 3 is 2.76 bits per heavy atom. The van der Waals surface area contributed by atoms with Gasteiger partial charge in [0, 0.05) is 9.90 Å². The fourth-order valence-electron chi connectivity index (χ4n) is 3.62. The first-order chi connectivity index (χ1) is 16.0. The number of amides is 1. The molecule has 1 aliphatic carbocycles. The van der Waals surface area contributed by atoms with E-state index in [-0.39, 0.29) is 18.3 Å². The van der Waals surface area contributed by atoms with E-state index in [1.165, 1.54) is 11.3 Å². The topological polar surface area (TPSA) is 77.8 Å². The molecule has 6 nitrogen and oxygen atoms in total. The molecule has 0 atom stereocenters. The molecule has 3 aromatic rings. The lowest BCUT2D eigenvalue weighted by Gasteiger charge is -2.12. The van der Waals surface area contributed by atoms with Gasteiger partial charge in [-0.1, -0.05) is 30.1 Å². The standard InChI is InChI=1S/C24H23Cl2NO5S/c1-2-11-30-24(29)21-16-5-3-4-6-20(16)33-23(21)27-22(28)19-10-8-15(32-19)13-31-18-9-7-14(25)12-17(18)26/h7-10,12H,2-6,11,13H2,1H3,(H,27,28). The molecule has 0 saturated carbocycles. The predicted octanol–water partition coefficient (Wildman–Crippen LogP) is 6.92. The number of halogens is 2. The normalized spacial score (nSPS) is 12.8. The molecule has 0 saturated heterocycles. The van der Waals surface area contributed by atoms with Crippen LogP contribution in [0.15, 0.2) is 34.7 Å². The number of hydrogen-bond donors (Lipinski definition) is 1. The molecule has 0 radical (unpaired) electrons. The zero-order chi connectivity index (χ0) is 23.4. The third kappa shape index (κ3) is 5.54. The molecule has 0 bridgehead atoms. The number of esters is 1. The van der Waals surface area contributed by atoms with E-state index in [0.29, 0.717) is 38.7 Å². The Labute approximate surface area is 205 Å². The van der Waals surface area contributed by atoms with Crippen LogP contribution in [0.4, 0.5) is 5.00 Å². The van der Waals surface area contributed by atoms with Crippen molar-refractivity contribution in [2.45, 2.75) is 45.6 Å². The number of furan rings is 1. The Morgan fingerprint density at radius 2 is 1.97 bits per heavy atom. The number of carbonyl (C=O) groups excluding carboxylic acids is 2. The minimum absolute atomic E-state index is 0.0938. The number of benzene rings is 1. The van der Waals surface area contributed by atoms with Crippen LogP contribution in [-0.4, -0.2) is 18.5 Å². The molecule has 1 amide bonds. The van der Waals surface area contributed by atoms with Gasteiger partial charge in [-0.25, -0.2) is 4.79 Å². The number of aryl methyl sites for hydroxylation is 1. The maximum absolute atomic E-state index is 12.9. The molecule has 0 spiro atoms. The van der Waals surface area contributed by atoms with Crippen LogP contribution in [0.5, 0.6) is 5.75 Å². The van der Waals surface area contributed by atoms with Crippen molar-refractivity contribution in [3.63, 3.8) is 0 Å². The van der Waals surface area contributed by atoms with E-state index in [9.17, 15) is 9.59 Å². The van der Waals surface area contributed by atoms with E-state index in [4.69, 9.17) is 37.1 Å². The third-order valence-electron chi connectivity index (χ3n) is 5.19. The third-order valence-corrected chi connectivity index (χ3v) is 6.93. The van der Waals surface area contributed by atoms with Gasteiger partial charge in [0.25, 0.3) is 5.91 Å². The first kappa shape index (κ1) is 23.7. The second-order valence-electron chi connectivity index (χ2n) is 7.63. The molecule has 0 fully saturated rings. The summed E-state index contributed by atoms with van der Waals surface area (Å²) in [6.45, 7) is 2.38. The Kier molecular flexibility index (Phi) is 7.63. The average molecular weight is 508 g/mol. The van der Waals surface area contributed by atoms with E-state index in [2.05, 4.69) is 5.32 Å². The minimum atomic E-state index is -0.436. The minimum Gasteiger partial charge on any atom is -0.484 e. The molecule has 2 heterocycles. The maximum Gasteiger partial charge on any atom is 0.341 e. The summed E-state index contributed by atoms with van der Waals surface area (Å²) in [6, 6.07) is 8.16. The van der Waals surface area contributed by atoms with Crippen LogP contribution < -0.4 is 10.1 Å². The van der Waals surface area contributed by atoms with E-state index >= 15 is 0 Å². The number of rotatable bonds is 8. The summed E-state index contributed by atoms with van der Waals surface area (Å²) in [6.07, 6.45) is 4.54. The van der Waals surface area contributed by atoms with E-state index in [1.54, 1.807) is 30.3 Å². The first-order valence-corrected chi connectivity index (χ1v) is 12.3. The molecule has 1 aromatic carbocycles. The van der Waals surface area contributed by atoms with Crippen LogP contribution in [-0.2, 0) is 24.2 Å². The summed E-state index contributed by atoms with van der Waals surface area (Å²) in [7, 11) is 0. The summed E-state index contributed by atoms with van der Waals surface area (Å²) in [4.78, 5) is 26.7. The van der Waals surface area contributed by atoms with Gasteiger partial charge in [-0.05, 0) is 68.0 Å². The van der Waals surface area contributed by atoms with Crippen molar-refractivity contribution >= 4 is 51.4 Å². The number of fused-ring (bicyclic) bond motifs is 1. The number of ether oxygens (including phenoxy) is 2. The molecular formula is C24H23Cl2NO5S. The lowest BCUT2D eigenvalue weighted by atomic mass is 9.95. The van der Waals surface area contributed by atoms with Crippen molar-refractivity contribution in [1.82, 2.24) is 0 Å². The van der Waals surface area contributed by atoms with Crippen molar-refractivity contribution < 1.29 is 23.5 Å². The van der Waals surface area contributed by atoms with E-state index in [1.807, 2.05) is 6.92 Å². The van der Waals surface area contributed by atoms with Gasteiger partial charge in [0.05, 0.1) is 17.2 Å². The number of carbonyl (C=O) groups is 2. The van der Waals surface area contributed by atoms with E-state index < -0.39 is 5.91 Å².